The third kappa shape index (κ3) is 2.32. The highest BCUT2D eigenvalue weighted by Crippen LogP contribution is 2.19. The molecule has 1 rings (SSSR count). The molecular weight excluding hydrogens is 170 g/mol. The zero-order chi connectivity index (χ0) is 10.0. The van der Waals surface area contributed by atoms with Crippen molar-refractivity contribution in [1.29, 1.82) is 0 Å². The van der Waals surface area contributed by atoms with Crippen LogP contribution in [0.3, 0.4) is 0 Å². The molecule has 1 N–H and O–H groups in total. The van der Waals surface area contributed by atoms with Gasteiger partial charge in [-0.2, -0.15) is 0 Å². The topological polar surface area (TPSA) is 63.6 Å². The summed E-state index contributed by atoms with van der Waals surface area (Å²) < 4.78 is 0. The number of hydrogen-bond donors (Lipinski definition) is 1. The molecule has 0 amide bonds. The van der Waals surface area contributed by atoms with E-state index in [1.807, 2.05) is 13.8 Å². The van der Waals surface area contributed by atoms with Crippen molar-refractivity contribution in [2.24, 2.45) is 5.92 Å². The smallest absolute Gasteiger partial charge is 0.333 e. The van der Waals surface area contributed by atoms with E-state index in [1.54, 1.807) is 6.08 Å². The molecule has 0 saturated heterocycles. The second kappa shape index (κ2) is 3.62. The van der Waals surface area contributed by atoms with Crippen molar-refractivity contribution in [3.63, 3.8) is 0 Å². The quantitative estimate of drug-likeness (QED) is 0.700. The summed E-state index contributed by atoms with van der Waals surface area (Å²) in [6.45, 7) is 3.77. The SMILES string of the molecule is CC(C)C1=CN([O-])CC(C(=O)O)=C1. The molecule has 1 aliphatic heterocycles. The molecular formula is C9H12NO3-. The standard InChI is InChI=1S/C9H12NO3/c1-6(2)7-3-8(9(11)12)5-10(13)4-7/h3-4,6H,5H2,1-2H3,(H,11,12)/q-1. The van der Waals surface area contributed by atoms with Gasteiger partial charge in [-0.15, -0.1) is 0 Å². The average Bonchev–Trinajstić information content (AvgIpc) is 2.03. The van der Waals surface area contributed by atoms with E-state index in [0.29, 0.717) is 5.06 Å². The first kappa shape index (κ1) is 9.80. The predicted octanol–water partition coefficient (Wildman–Crippen LogP) is 1.35. The minimum atomic E-state index is -1.02. The molecule has 0 aromatic rings. The lowest BCUT2D eigenvalue weighted by atomic mass is 9.99. The molecule has 72 valence electrons. The molecule has 0 aliphatic carbocycles. The first-order chi connectivity index (χ1) is 6.00. The lowest BCUT2D eigenvalue weighted by Gasteiger charge is -2.31. The fraction of sp³-hybridized carbons (Fsp3) is 0.444. The molecule has 0 radical (unpaired) electrons. The number of rotatable bonds is 2. The van der Waals surface area contributed by atoms with Crippen LogP contribution in [0.25, 0.3) is 0 Å². The van der Waals surface area contributed by atoms with Crippen molar-refractivity contribution in [3.05, 3.63) is 28.6 Å². The van der Waals surface area contributed by atoms with Crippen molar-refractivity contribution in [2.75, 3.05) is 6.54 Å². The number of hydroxylamine groups is 2. The van der Waals surface area contributed by atoms with Gasteiger partial charge in [0.05, 0.1) is 5.57 Å². The lowest BCUT2D eigenvalue weighted by Crippen LogP contribution is -2.22. The summed E-state index contributed by atoms with van der Waals surface area (Å²) in [5.41, 5.74) is 0.917. The highest BCUT2D eigenvalue weighted by molar-refractivity contribution is 5.88. The van der Waals surface area contributed by atoms with E-state index in [0.717, 1.165) is 5.57 Å². The van der Waals surface area contributed by atoms with Gasteiger partial charge in [0.15, 0.2) is 0 Å². The summed E-state index contributed by atoms with van der Waals surface area (Å²) in [6.07, 6.45) is 3.01. The highest BCUT2D eigenvalue weighted by atomic mass is 16.5. The molecule has 0 bridgehead atoms. The van der Waals surface area contributed by atoms with Crippen molar-refractivity contribution in [1.82, 2.24) is 5.06 Å². The molecule has 4 heteroatoms. The van der Waals surface area contributed by atoms with Gasteiger partial charge in [0.25, 0.3) is 0 Å². The van der Waals surface area contributed by atoms with Gasteiger partial charge in [0.2, 0.25) is 0 Å². The molecule has 0 saturated carbocycles. The van der Waals surface area contributed by atoms with Gasteiger partial charge in [-0.25, -0.2) is 4.79 Å². The van der Waals surface area contributed by atoms with Gasteiger partial charge in [0, 0.05) is 6.54 Å². The second-order valence-corrected chi connectivity index (χ2v) is 3.33. The molecule has 0 aromatic carbocycles. The van der Waals surface area contributed by atoms with Crippen LogP contribution in [0.4, 0.5) is 0 Å². The van der Waals surface area contributed by atoms with Gasteiger partial charge in [0.1, 0.15) is 0 Å². The van der Waals surface area contributed by atoms with Crippen LogP contribution in [0, 0.1) is 11.1 Å². The Balaban J connectivity index is 2.91. The van der Waals surface area contributed by atoms with Crippen molar-refractivity contribution in [2.45, 2.75) is 13.8 Å². The minimum Gasteiger partial charge on any atom is -0.758 e. The molecule has 0 fully saturated rings. The maximum atomic E-state index is 11.0. The molecule has 0 aromatic heterocycles. The fourth-order valence-corrected chi connectivity index (χ4v) is 1.11. The van der Waals surface area contributed by atoms with Crippen LogP contribution in [0.5, 0.6) is 0 Å². The van der Waals surface area contributed by atoms with E-state index in [4.69, 9.17) is 5.11 Å². The van der Waals surface area contributed by atoms with E-state index in [-0.39, 0.29) is 18.0 Å². The Hall–Kier alpha value is -1.29. The molecule has 0 spiro atoms. The first-order valence-electron chi connectivity index (χ1n) is 4.10. The fourth-order valence-electron chi connectivity index (χ4n) is 1.11. The van der Waals surface area contributed by atoms with Crippen LogP contribution in [0.15, 0.2) is 23.4 Å². The zero-order valence-corrected chi connectivity index (χ0v) is 7.65. The number of carbonyl (C=O) groups is 1. The monoisotopic (exact) mass is 182 g/mol. The van der Waals surface area contributed by atoms with Gasteiger partial charge >= 0.3 is 5.97 Å². The molecule has 4 nitrogen and oxygen atoms in total. The van der Waals surface area contributed by atoms with Crippen LogP contribution in [-0.4, -0.2) is 22.7 Å². The first-order valence-corrected chi connectivity index (χ1v) is 4.10. The van der Waals surface area contributed by atoms with E-state index in [9.17, 15) is 10.0 Å². The number of carboxylic acids is 1. The lowest BCUT2D eigenvalue weighted by molar-refractivity contribution is -0.132. The maximum Gasteiger partial charge on any atom is 0.333 e. The molecule has 1 aliphatic rings. The van der Waals surface area contributed by atoms with E-state index >= 15 is 0 Å². The summed E-state index contributed by atoms with van der Waals surface area (Å²) in [6, 6.07) is 0. The third-order valence-electron chi connectivity index (χ3n) is 1.90. The number of allylic oxidation sites excluding steroid dienone is 2. The van der Waals surface area contributed by atoms with Crippen molar-refractivity contribution < 1.29 is 9.90 Å². The van der Waals surface area contributed by atoms with E-state index in [1.165, 1.54) is 6.20 Å². The highest BCUT2D eigenvalue weighted by Gasteiger charge is 2.14. The summed E-state index contributed by atoms with van der Waals surface area (Å²) in [4.78, 5) is 10.6. The van der Waals surface area contributed by atoms with Crippen LogP contribution >= 0.6 is 0 Å². The largest absolute Gasteiger partial charge is 0.758 e. The van der Waals surface area contributed by atoms with E-state index in [2.05, 4.69) is 0 Å². The zero-order valence-electron chi connectivity index (χ0n) is 7.65. The summed E-state index contributed by atoms with van der Waals surface area (Å²) in [7, 11) is 0. The number of nitrogens with zero attached hydrogens (tertiary/aromatic N) is 1. The Labute approximate surface area is 76.7 Å². The minimum absolute atomic E-state index is 0.0639. The molecule has 1 heterocycles. The summed E-state index contributed by atoms with van der Waals surface area (Å²) >= 11 is 0. The predicted molar refractivity (Wildman–Crippen MR) is 48.7 cm³/mol. The Morgan fingerprint density at radius 1 is 1.69 bits per heavy atom. The molecule has 0 unspecified atom stereocenters. The van der Waals surface area contributed by atoms with Gasteiger partial charge in [-0.1, -0.05) is 13.8 Å². The normalized spacial score (nSPS) is 17.1. The number of hydrogen-bond acceptors (Lipinski definition) is 3. The second-order valence-electron chi connectivity index (χ2n) is 3.33. The van der Waals surface area contributed by atoms with Crippen molar-refractivity contribution in [3.8, 4) is 0 Å². The average molecular weight is 182 g/mol. The number of aliphatic carboxylic acids is 1. The summed E-state index contributed by atoms with van der Waals surface area (Å²) in [5, 5.41) is 20.4. The third-order valence-corrected chi connectivity index (χ3v) is 1.90. The summed E-state index contributed by atoms with van der Waals surface area (Å²) in [5.74, 6) is -0.849. The Bertz CT molecular complexity index is 279. The van der Waals surface area contributed by atoms with Gasteiger partial charge in [-0.05, 0) is 23.8 Å². The Morgan fingerprint density at radius 2 is 2.31 bits per heavy atom. The Kier molecular flexibility index (Phi) is 2.72. The van der Waals surface area contributed by atoms with Crippen LogP contribution in [0.2, 0.25) is 0 Å². The van der Waals surface area contributed by atoms with E-state index < -0.39 is 5.97 Å². The van der Waals surface area contributed by atoms with Crippen LogP contribution < -0.4 is 0 Å². The van der Waals surface area contributed by atoms with Gasteiger partial charge in [-0.3, -0.25) is 0 Å². The van der Waals surface area contributed by atoms with Gasteiger partial charge < -0.3 is 15.4 Å². The Morgan fingerprint density at radius 3 is 2.77 bits per heavy atom. The molecule has 13 heavy (non-hydrogen) atoms. The van der Waals surface area contributed by atoms with Crippen LogP contribution in [0.1, 0.15) is 13.8 Å². The van der Waals surface area contributed by atoms with Crippen LogP contribution in [-0.2, 0) is 4.79 Å². The maximum absolute atomic E-state index is 11.0. The van der Waals surface area contributed by atoms with Crippen molar-refractivity contribution >= 4 is 5.97 Å². The number of carboxylic acid groups (broad SMARTS) is 1. The molecule has 0 atom stereocenters.